The van der Waals surface area contributed by atoms with Crippen LogP contribution in [0, 0.1) is 5.92 Å². The lowest BCUT2D eigenvalue weighted by Crippen LogP contribution is -2.20. The van der Waals surface area contributed by atoms with Crippen LogP contribution in [0.1, 0.15) is 26.2 Å². The molecule has 2 heteroatoms. The lowest BCUT2D eigenvalue weighted by Gasteiger charge is -2.12. The van der Waals surface area contributed by atoms with Gasteiger partial charge in [-0.3, -0.25) is 4.79 Å². The van der Waals surface area contributed by atoms with Crippen molar-refractivity contribution >= 4 is 5.91 Å². The van der Waals surface area contributed by atoms with Gasteiger partial charge < -0.3 is 5.32 Å². The molecule has 0 saturated carbocycles. The first-order valence-electron chi connectivity index (χ1n) is 4.94. The van der Waals surface area contributed by atoms with Crippen molar-refractivity contribution in [1.29, 1.82) is 0 Å². The maximum absolute atomic E-state index is 11.1. The van der Waals surface area contributed by atoms with E-state index in [-0.39, 0.29) is 5.91 Å². The van der Waals surface area contributed by atoms with Gasteiger partial charge in [0.25, 0.3) is 0 Å². The van der Waals surface area contributed by atoms with Crippen LogP contribution in [0.25, 0.3) is 0 Å². The maximum Gasteiger partial charge on any atom is 0.243 e. The summed E-state index contributed by atoms with van der Waals surface area (Å²) < 4.78 is 0. The van der Waals surface area contributed by atoms with E-state index in [1.54, 1.807) is 6.08 Å². The largest absolute Gasteiger partial charge is 0.353 e. The minimum atomic E-state index is 0.0250. The molecule has 0 aromatic heterocycles. The van der Waals surface area contributed by atoms with Crippen LogP contribution in [0.4, 0.5) is 0 Å². The number of carbonyl (C=O) groups excluding carboxylic acids is 1. The monoisotopic (exact) mass is 179 g/mol. The Hall–Kier alpha value is -1.05. The zero-order chi connectivity index (χ0) is 9.52. The van der Waals surface area contributed by atoms with Crippen molar-refractivity contribution in [2.45, 2.75) is 26.2 Å². The first kappa shape index (κ1) is 10.0. The van der Waals surface area contributed by atoms with Crippen molar-refractivity contribution in [2.75, 3.05) is 6.54 Å². The predicted octanol–water partition coefficient (Wildman–Crippen LogP) is 2.04. The number of carbonyl (C=O) groups is 1. The molecule has 0 heterocycles. The topological polar surface area (TPSA) is 29.1 Å². The van der Waals surface area contributed by atoms with E-state index >= 15 is 0 Å². The second kappa shape index (κ2) is 5.57. The molecule has 0 aromatic rings. The van der Waals surface area contributed by atoms with Gasteiger partial charge in [-0.25, -0.2) is 0 Å². The first-order valence-corrected chi connectivity index (χ1v) is 4.94. The molecule has 1 N–H and O–H groups in total. The summed E-state index contributed by atoms with van der Waals surface area (Å²) in [6, 6.07) is 0. The van der Waals surface area contributed by atoms with Crippen LogP contribution >= 0.6 is 0 Å². The zero-order valence-electron chi connectivity index (χ0n) is 8.12. The van der Waals surface area contributed by atoms with Gasteiger partial charge in [-0.15, -0.1) is 0 Å². The Labute approximate surface area is 79.7 Å². The first-order chi connectivity index (χ1) is 6.33. The van der Waals surface area contributed by atoms with E-state index in [2.05, 4.69) is 17.5 Å². The average Bonchev–Trinajstić information content (AvgIpc) is 2.17. The van der Waals surface area contributed by atoms with Crippen molar-refractivity contribution in [3.63, 3.8) is 0 Å². The molecule has 0 aliphatic heterocycles. The van der Waals surface area contributed by atoms with Crippen LogP contribution in [0.2, 0.25) is 0 Å². The third-order valence-corrected chi connectivity index (χ3v) is 2.18. The molecule has 0 saturated heterocycles. The number of likely N-dealkylation sites (N-methyl/N-ethyl adjacent to an activating group) is 1. The van der Waals surface area contributed by atoms with Crippen LogP contribution in [0.5, 0.6) is 0 Å². The van der Waals surface area contributed by atoms with Crippen LogP contribution in [-0.2, 0) is 4.79 Å². The van der Waals surface area contributed by atoms with Gasteiger partial charge in [0.2, 0.25) is 5.91 Å². The van der Waals surface area contributed by atoms with Gasteiger partial charge in [0.05, 0.1) is 0 Å². The summed E-state index contributed by atoms with van der Waals surface area (Å²) in [5, 5.41) is 2.74. The average molecular weight is 179 g/mol. The number of amides is 1. The number of rotatable bonds is 3. The molecule has 0 radical (unpaired) electrons. The molecular formula is C11H17NO. The summed E-state index contributed by atoms with van der Waals surface area (Å²) in [6.45, 7) is 2.63. The summed E-state index contributed by atoms with van der Waals surface area (Å²) >= 11 is 0. The van der Waals surface area contributed by atoms with E-state index in [1.807, 2.05) is 13.0 Å². The third-order valence-electron chi connectivity index (χ3n) is 2.18. The van der Waals surface area contributed by atoms with Gasteiger partial charge >= 0.3 is 0 Å². The van der Waals surface area contributed by atoms with Crippen molar-refractivity contribution in [3.05, 3.63) is 24.3 Å². The second-order valence-corrected chi connectivity index (χ2v) is 3.30. The Morgan fingerprint density at radius 2 is 2.46 bits per heavy atom. The predicted molar refractivity (Wildman–Crippen MR) is 54.3 cm³/mol. The molecule has 1 aliphatic rings. The Bertz CT molecular complexity index is 218. The van der Waals surface area contributed by atoms with Crippen molar-refractivity contribution in [1.82, 2.24) is 5.32 Å². The standard InChI is InChI=1S/C11H17NO/c1-2-12-11(13)9-8-10-6-4-3-5-7-10/h3-4,8-10H,2,5-7H2,1H3,(H,12,13). The Kier molecular flexibility index (Phi) is 4.30. The maximum atomic E-state index is 11.1. The van der Waals surface area contributed by atoms with E-state index in [0.717, 1.165) is 12.8 Å². The number of hydrogen-bond donors (Lipinski definition) is 1. The molecule has 0 aromatic carbocycles. The lowest BCUT2D eigenvalue weighted by atomic mass is 9.94. The molecule has 72 valence electrons. The van der Waals surface area contributed by atoms with E-state index < -0.39 is 0 Å². The fourth-order valence-electron chi connectivity index (χ4n) is 1.45. The van der Waals surface area contributed by atoms with Crippen molar-refractivity contribution < 1.29 is 4.79 Å². The van der Waals surface area contributed by atoms with Crippen LogP contribution in [0.15, 0.2) is 24.3 Å². The summed E-state index contributed by atoms with van der Waals surface area (Å²) in [4.78, 5) is 11.1. The quantitative estimate of drug-likeness (QED) is 0.521. The Morgan fingerprint density at radius 3 is 3.08 bits per heavy atom. The molecule has 1 amide bonds. The zero-order valence-corrected chi connectivity index (χ0v) is 8.12. The van der Waals surface area contributed by atoms with E-state index in [1.165, 1.54) is 6.42 Å². The second-order valence-electron chi connectivity index (χ2n) is 3.30. The third kappa shape index (κ3) is 3.92. The summed E-state index contributed by atoms with van der Waals surface area (Å²) in [7, 11) is 0. The van der Waals surface area contributed by atoms with Crippen LogP contribution < -0.4 is 5.32 Å². The van der Waals surface area contributed by atoms with Gasteiger partial charge in [0, 0.05) is 6.54 Å². The van der Waals surface area contributed by atoms with Gasteiger partial charge in [0.15, 0.2) is 0 Å². The van der Waals surface area contributed by atoms with E-state index in [4.69, 9.17) is 0 Å². The molecule has 1 aliphatic carbocycles. The lowest BCUT2D eigenvalue weighted by molar-refractivity contribution is -0.116. The van der Waals surface area contributed by atoms with Gasteiger partial charge in [-0.05, 0) is 38.2 Å². The minimum absolute atomic E-state index is 0.0250. The Balaban J connectivity index is 2.30. The van der Waals surface area contributed by atoms with Gasteiger partial charge in [0.1, 0.15) is 0 Å². The van der Waals surface area contributed by atoms with Gasteiger partial charge in [-0.2, -0.15) is 0 Å². The van der Waals surface area contributed by atoms with E-state index in [9.17, 15) is 4.79 Å². The van der Waals surface area contributed by atoms with Crippen molar-refractivity contribution in [2.24, 2.45) is 5.92 Å². The van der Waals surface area contributed by atoms with Crippen LogP contribution in [0.3, 0.4) is 0 Å². The molecule has 0 spiro atoms. The highest BCUT2D eigenvalue weighted by Crippen LogP contribution is 2.18. The molecule has 13 heavy (non-hydrogen) atoms. The van der Waals surface area contributed by atoms with Gasteiger partial charge in [-0.1, -0.05) is 18.2 Å². The molecule has 1 unspecified atom stereocenters. The molecule has 1 atom stereocenters. The molecular weight excluding hydrogens is 162 g/mol. The van der Waals surface area contributed by atoms with Crippen LogP contribution in [-0.4, -0.2) is 12.5 Å². The molecule has 0 fully saturated rings. The fourth-order valence-corrected chi connectivity index (χ4v) is 1.45. The fraction of sp³-hybridized carbons (Fsp3) is 0.545. The highest BCUT2D eigenvalue weighted by Gasteiger charge is 2.05. The SMILES string of the molecule is CCNC(=O)C=CC1CC=CCC1. The molecule has 1 rings (SSSR count). The normalized spacial score (nSPS) is 22.1. The highest BCUT2D eigenvalue weighted by molar-refractivity contribution is 5.87. The highest BCUT2D eigenvalue weighted by atomic mass is 16.1. The number of allylic oxidation sites excluding steroid dienone is 3. The smallest absolute Gasteiger partial charge is 0.243 e. The van der Waals surface area contributed by atoms with E-state index in [0.29, 0.717) is 12.5 Å². The Morgan fingerprint density at radius 1 is 1.62 bits per heavy atom. The number of nitrogens with one attached hydrogen (secondary N) is 1. The minimum Gasteiger partial charge on any atom is -0.353 e. The summed E-state index contributed by atoms with van der Waals surface area (Å²) in [6.07, 6.45) is 11.5. The molecule has 2 nitrogen and oxygen atoms in total. The molecule has 0 bridgehead atoms. The van der Waals surface area contributed by atoms with Crippen molar-refractivity contribution in [3.8, 4) is 0 Å². The summed E-state index contributed by atoms with van der Waals surface area (Å²) in [5.41, 5.74) is 0. The summed E-state index contributed by atoms with van der Waals surface area (Å²) in [5.74, 6) is 0.588. The number of hydrogen-bond acceptors (Lipinski definition) is 1.